The minimum Gasteiger partial charge on any atom is -0.492 e. The fourth-order valence-electron chi connectivity index (χ4n) is 2.17. The van der Waals surface area contributed by atoms with E-state index in [0.717, 1.165) is 0 Å². The SMILES string of the molecule is CCNC(=O)c1sc(N2CC(O)C(O)C2)c(OC)c1N. The molecule has 1 aromatic heterocycles. The van der Waals surface area contributed by atoms with E-state index in [2.05, 4.69) is 5.32 Å². The standard InChI is InChI=1S/C12H19N3O4S/c1-3-14-11(18)10-8(13)9(19-2)12(20-10)15-4-6(16)7(17)5-15/h6-7,16-17H,3-5,13H2,1-2H3,(H,14,18). The molecule has 0 spiro atoms. The highest BCUT2D eigenvalue weighted by atomic mass is 32.1. The van der Waals surface area contributed by atoms with Crippen molar-refractivity contribution in [2.24, 2.45) is 0 Å². The number of thiophene rings is 1. The molecule has 1 aliphatic rings. The van der Waals surface area contributed by atoms with Crippen LogP contribution in [0.25, 0.3) is 0 Å². The molecule has 0 radical (unpaired) electrons. The van der Waals surface area contributed by atoms with Crippen LogP contribution in [0.1, 0.15) is 16.6 Å². The molecule has 1 amide bonds. The van der Waals surface area contributed by atoms with Gasteiger partial charge in [0.2, 0.25) is 0 Å². The zero-order valence-electron chi connectivity index (χ0n) is 11.4. The summed E-state index contributed by atoms with van der Waals surface area (Å²) in [5, 5.41) is 22.6. The number of β-amino-alcohol motifs (C(OH)–C–C–N with tert-alkyl or cyclic N) is 2. The van der Waals surface area contributed by atoms with Crippen molar-refractivity contribution in [1.82, 2.24) is 5.32 Å². The molecule has 0 bridgehead atoms. The number of amides is 1. The first kappa shape index (κ1) is 14.9. The average molecular weight is 301 g/mol. The maximum Gasteiger partial charge on any atom is 0.263 e. The molecular formula is C12H19N3O4S. The molecule has 0 aliphatic carbocycles. The molecule has 7 nitrogen and oxygen atoms in total. The normalized spacial score (nSPS) is 22.1. The molecule has 1 fully saturated rings. The van der Waals surface area contributed by atoms with Gasteiger partial charge in [-0.2, -0.15) is 0 Å². The number of hydrogen-bond acceptors (Lipinski definition) is 7. The molecule has 1 aliphatic heterocycles. The maximum absolute atomic E-state index is 11.9. The number of nitrogens with one attached hydrogen (secondary N) is 1. The quantitative estimate of drug-likeness (QED) is 0.604. The van der Waals surface area contributed by atoms with Crippen LogP contribution in [-0.2, 0) is 0 Å². The number of hydrogen-bond donors (Lipinski definition) is 4. The summed E-state index contributed by atoms with van der Waals surface area (Å²) in [6.45, 7) is 2.90. The van der Waals surface area contributed by atoms with Crippen molar-refractivity contribution in [3.05, 3.63) is 4.88 Å². The van der Waals surface area contributed by atoms with E-state index in [4.69, 9.17) is 10.5 Å². The highest BCUT2D eigenvalue weighted by Gasteiger charge is 2.34. The molecule has 0 saturated carbocycles. The van der Waals surface area contributed by atoms with Crippen molar-refractivity contribution in [2.45, 2.75) is 19.1 Å². The largest absolute Gasteiger partial charge is 0.492 e. The molecule has 2 heterocycles. The van der Waals surface area contributed by atoms with Crippen LogP contribution in [0.15, 0.2) is 0 Å². The number of nitrogen functional groups attached to an aromatic ring is 1. The van der Waals surface area contributed by atoms with E-state index in [1.54, 1.807) is 4.90 Å². The Bertz CT molecular complexity index is 495. The number of nitrogens with zero attached hydrogens (tertiary/aromatic N) is 1. The highest BCUT2D eigenvalue weighted by molar-refractivity contribution is 7.19. The summed E-state index contributed by atoms with van der Waals surface area (Å²) in [5.41, 5.74) is 6.24. The number of methoxy groups -OCH3 is 1. The monoisotopic (exact) mass is 301 g/mol. The molecule has 1 aromatic rings. The number of nitrogens with two attached hydrogens (primary N) is 1. The number of aliphatic hydroxyl groups is 2. The van der Waals surface area contributed by atoms with E-state index in [1.807, 2.05) is 6.92 Å². The smallest absolute Gasteiger partial charge is 0.263 e. The molecule has 2 atom stereocenters. The zero-order valence-corrected chi connectivity index (χ0v) is 12.2. The van der Waals surface area contributed by atoms with Crippen molar-refractivity contribution in [2.75, 3.05) is 37.4 Å². The molecule has 20 heavy (non-hydrogen) atoms. The lowest BCUT2D eigenvalue weighted by atomic mass is 10.3. The van der Waals surface area contributed by atoms with Gasteiger partial charge in [0.05, 0.1) is 19.3 Å². The molecule has 112 valence electrons. The van der Waals surface area contributed by atoms with E-state index < -0.39 is 12.2 Å². The lowest BCUT2D eigenvalue weighted by molar-refractivity contribution is 0.0572. The van der Waals surface area contributed by atoms with Gasteiger partial charge in [-0.15, -0.1) is 11.3 Å². The first-order valence-corrected chi connectivity index (χ1v) is 7.16. The van der Waals surface area contributed by atoms with Gasteiger partial charge in [-0.05, 0) is 6.92 Å². The van der Waals surface area contributed by atoms with Gasteiger partial charge in [-0.3, -0.25) is 4.79 Å². The Balaban J connectivity index is 2.34. The number of ether oxygens (including phenoxy) is 1. The molecular weight excluding hydrogens is 282 g/mol. The van der Waals surface area contributed by atoms with E-state index in [-0.39, 0.29) is 24.7 Å². The highest BCUT2D eigenvalue weighted by Crippen LogP contribution is 2.45. The van der Waals surface area contributed by atoms with Crippen LogP contribution in [0, 0.1) is 0 Å². The third-order valence-corrected chi connectivity index (χ3v) is 4.42. The Labute approximate surface area is 120 Å². The van der Waals surface area contributed by atoms with Gasteiger partial charge in [0, 0.05) is 19.6 Å². The van der Waals surface area contributed by atoms with E-state index in [1.165, 1.54) is 18.4 Å². The Morgan fingerprint density at radius 1 is 1.50 bits per heavy atom. The number of rotatable bonds is 4. The Morgan fingerprint density at radius 3 is 2.60 bits per heavy atom. The minimum atomic E-state index is -0.809. The van der Waals surface area contributed by atoms with Gasteiger partial charge >= 0.3 is 0 Å². The Hall–Kier alpha value is -1.51. The second kappa shape index (κ2) is 5.86. The second-order valence-corrected chi connectivity index (χ2v) is 5.58. The first-order chi connectivity index (χ1) is 9.49. The van der Waals surface area contributed by atoms with Crippen molar-refractivity contribution >= 4 is 27.9 Å². The van der Waals surface area contributed by atoms with Crippen molar-refractivity contribution in [3.63, 3.8) is 0 Å². The van der Waals surface area contributed by atoms with Crippen LogP contribution < -0.4 is 20.7 Å². The van der Waals surface area contributed by atoms with Crippen molar-refractivity contribution < 1.29 is 19.7 Å². The van der Waals surface area contributed by atoms with Crippen molar-refractivity contribution in [3.8, 4) is 5.75 Å². The Morgan fingerprint density at radius 2 is 2.10 bits per heavy atom. The first-order valence-electron chi connectivity index (χ1n) is 6.35. The summed E-state index contributed by atoms with van der Waals surface area (Å²) in [4.78, 5) is 14.1. The van der Waals surface area contributed by atoms with E-state index >= 15 is 0 Å². The summed E-state index contributed by atoms with van der Waals surface area (Å²) >= 11 is 1.20. The van der Waals surface area contributed by atoms with Gasteiger partial charge in [0.15, 0.2) is 5.75 Å². The summed E-state index contributed by atoms with van der Waals surface area (Å²) in [6, 6.07) is 0. The predicted octanol–water partition coefficient (Wildman–Crippen LogP) is -0.370. The average Bonchev–Trinajstić information content (AvgIpc) is 2.90. The van der Waals surface area contributed by atoms with Gasteiger partial charge < -0.3 is 30.9 Å². The lowest BCUT2D eigenvalue weighted by Crippen LogP contribution is -2.22. The third kappa shape index (κ3) is 2.54. The summed E-state index contributed by atoms with van der Waals surface area (Å²) in [7, 11) is 1.48. The minimum absolute atomic E-state index is 0.250. The van der Waals surface area contributed by atoms with Crippen molar-refractivity contribution in [1.29, 1.82) is 0 Å². The topological polar surface area (TPSA) is 108 Å². The van der Waals surface area contributed by atoms with Crippen LogP contribution in [0.3, 0.4) is 0 Å². The number of carbonyl (C=O) groups excluding carboxylic acids is 1. The fourth-order valence-corrected chi connectivity index (χ4v) is 3.29. The second-order valence-electron chi connectivity index (χ2n) is 4.58. The zero-order chi connectivity index (χ0) is 14.9. The molecule has 5 N–H and O–H groups in total. The van der Waals surface area contributed by atoms with Crippen LogP contribution in [0.2, 0.25) is 0 Å². The summed E-state index contributed by atoms with van der Waals surface area (Å²) < 4.78 is 5.27. The summed E-state index contributed by atoms with van der Waals surface area (Å²) in [6.07, 6.45) is -1.62. The maximum atomic E-state index is 11.9. The van der Waals surface area contributed by atoms with Crippen LogP contribution in [0.5, 0.6) is 5.75 Å². The Kier molecular flexibility index (Phi) is 4.36. The number of carbonyl (C=O) groups is 1. The van der Waals surface area contributed by atoms with E-state index in [9.17, 15) is 15.0 Å². The predicted molar refractivity (Wildman–Crippen MR) is 77.5 cm³/mol. The van der Waals surface area contributed by atoms with Crippen LogP contribution in [0.4, 0.5) is 10.7 Å². The molecule has 0 aromatic carbocycles. The van der Waals surface area contributed by atoms with E-state index in [0.29, 0.717) is 22.2 Å². The number of anilines is 2. The van der Waals surface area contributed by atoms with Gasteiger partial charge in [-0.25, -0.2) is 0 Å². The van der Waals surface area contributed by atoms with Crippen LogP contribution in [-0.4, -0.2) is 55.1 Å². The molecule has 1 saturated heterocycles. The molecule has 2 rings (SSSR count). The third-order valence-electron chi connectivity index (χ3n) is 3.18. The lowest BCUT2D eigenvalue weighted by Gasteiger charge is -2.16. The van der Waals surface area contributed by atoms with Gasteiger partial charge in [0.1, 0.15) is 15.6 Å². The number of aliphatic hydroxyl groups excluding tert-OH is 2. The molecule has 2 unspecified atom stereocenters. The fraction of sp³-hybridized carbons (Fsp3) is 0.583. The van der Waals surface area contributed by atoms with Crippen LogP contribution >= 0.6 is 11.3 Å². The summed E-state index contributed by atoms with van der Waals surface area (Å²) in [5.74, 6) is 0.164. The van der Waals surface area contributed by atoms with Gasteiger partial charge in [-0.1, -0.05) is 0 Å². The molecule has 8 heteroatoms. The van der Waals surface area contributed by atoms with Gasteiger partial charge in [0.25, 0.3) is 5.91 Å².